The largest absolute Gasteiger partial charge is 0.468 e. The van der Waals surface area contributed by atoms with Gasteiger partial charge in [-0.1, -0.05) is 30.3 Å². The molecule has 1 amide bonds. The van der Waals surface area contributed by atoms with Crippen molar-refractivity contribution in [2.24, 2.45) is 0 Å². The van der Waals surface area contributed by atoms with Gasteiger partial charge in [0.05, 0.1) is 23.8 Å². The number of methoxy groups -OCH3 is 1. The highest BCUT2D eigenvalue weighted by Gasteiger charge is 2.45. The number of aryl methyl sites for hydroxylation is 1. The molecule has 1 aromatic carbocycles. The maximum atomic E-state index is 13.0. The fourth-order valence-corrected chi connectivity index (χ4v) is 4.34. The van der Waals surface area contributed by atoms with Gasteiger partial charge in [-0.2, -0.15) is 4.37 Å². The Morgan fingerprint density at radius 2 is 1.88 bits per heavy atom. The molecule has 1 aliphatic rings. The Hall–Kier alpha value is -2.41. The highest BCUT2D eigenvalue weighted by atomic mass is 32.1. The second-order valence-electron chi connectivity index (χ2n) is 6.45. The predicted molar refractivity (Wildman–Crippen MR) is 102 cm³/mol. The number of likely N-dealkylation sites (tertiary alicyclic amines) is 1. The lowest BCUT2D eigenvalue weighted by atomic mass is 9.72. The molecule has 26 heavy (non-hydrogen) atoms. The number of hydrogen-bond acceptors (Lipinski definition) is 6. The van der Waals surface area contributed by atoms with Gasteiger partial charge in [0.25, 0.3) is 5.91 Å². The summed E-state index contributed by atoms with van der Waals surface area (Å²) in [4.78, 5) is 27.4. The van der Waals surface area contributed by atoms with E-state index < -0.39 is 5.41 Å². The van der Waals surface area contributed by atoms with E-state index in [9.17, 15) is 9.59 Å². The monoisotopic (exact) mass is 373 g/mol. The van der Waals surface area contributed by atoms with Gasteiger partial charge in [-0.15, -0.1) is 0 Å². The van der Waals surface area contributed by atoms with Crippen LogP contribution in [-0.2, 0) is 14.9 Å². The number of rotatable bonds is 4. The molecule has 6 nitrogen and oxygen atoms in total. The minimum absolute atomic E-state index is 0.0351. The van der Waals surface area contributed by atoms with Gasteiger partial charge in [0, 0.05) is 20.1 Å². The number of anilines is 1. The quantitative estimate of drug-likeness (QED) is 0.835. The van der Waals surface area contributed by atoms with Crippen LogP contribution in [0.5, 0.6) is 0 Å². The lowest BCUT2D eigenvalue weighted by molar-refractivity contribution is -0.149. The van der Waals surface area contributed by atoms with Crippen LogP contribution in [0.1, 0.15) is 34.5 Å². The van der Waals surface area contributed by atoms with Crippen LogP contribution in [0.3, 0.4) is 0 Å². The number of carbonyl (C=O) groups is 2. The van der Waals surface area contributed by atoms with Crippen molar-refractivity contribution >= 4 is 28.4 Å². The van der Waals surface area contributed by atoms with Gasteiger partial charge < -0.3 is 15.0 Å². The van der Waals surface area contributed by atoms with Crippen LogP contribution in [0, 0.1) is 6.92 Å². The average molecular weight is 373 g/mol. The molecule has 0 saturated carbocycles. The molecule has 138 valence electrons. The SMILES string of the molecule is CNc1snc(C)c1C(=O)N1CCC(C(=O)OC)(c2ccccc2)CC1. The molecule has 2 heterocycles. The number of esters is 1. The third kappa shape index (κ3) is 3.07. The highest BCUT2D eigenvalue weighted by molar-refractivity contribution is 7.10. The van der Waals surface area contributed by atoms with Crippen molar-refractivity contribution in [1.29, 1.82) is 0 Å². The lowest BCUT2D eigenvalue weighted by Crippen LogP contribution is -2.49. The van der Waals surface area contributed by atoms with Gasteiger partial charge in [-0.3, -0.25) is 9.59 Å². The first-order valence-corrected chi connectivity index (χ1v) is 9.38. The van der Waals surface area contributed by atoms with E-state index in [4.69, 9.17) is 4.74 Å². The molecule has 1 aliphatic heterocycles. The first kappa shape index (κ1) is 18.4. The number of amides is 1. The molecule has 3 rings (SSSR count). The van der Waals surface area contributed by atoms with Gasteiger partial charge >= 0.3 is 5.97 Å². The average Bonchev–Trinajstić information content (AvgIpc) is 3.08. The Labute approximate surface area is 157 Å². The minimum atomic E-state index is -0.694. The Morgan fingerprint density at radius 1 is 1.23 bits per heavy atom. The summed E-state index contributed by atoms with van der Waals surface area (Å²) in [6.45, 7) is 2.85. The number of aromatic nitrogens is 1. The van der Waals surface area contributed by atoms with E-state index in [1.54, 1.807) is 7.05 Å². The molecule has 0 atom stereocenters. The highest BCUT2D eigenvalue weighted by Crippen LogP contribution is 2.38. The summed E-state index contributed by atoms with van der Waals surface area (Å²) in [7, 11) is 3.21. The normalized spacial score (nSPS) is 16.2. The molecule has 1 N–H and O–H groups in total. The van der Waals surface area contributed by atoms with E-state index in [1.165, 1.54) is 18.6 Å². The zero-order valence-corrected chi connectivity index (χ0v) is 16.1. The molecule has 0 radical (unpaired) electrons. The number of carbonyl (C=O) groups excluding carboxylic acids is 2. The fourth-order valence-electron chi connectivity index (χ4n) is 3.61. The number of nitrogens with one attached hydrogen (secondary N) is 1. The first-order chi connectivity index (χ1) is 12.5. The van der Waals surface area contributed by atoms with Crippen LogP contribution in [0.15, 0.2) is 30.3 Å². The van der Waals surface area contributed by atoms with Crippen molar-refractivity contribution in [2.75, 3.05) is 32.6 Å². The van der Waals surface area contributed by atoms with Gasteiger partial charge in [-0.25, -0.2) is 0 Å². The third-order valence-corrected chi connectivity index (χ3v) is 6.07. The van der Waals surface area contributed by atoms with E-state index in [0.29, 0.717) is 31.5 Å². The second kappa shape index (κ2) is 7.45. The molecule has 1 saturated heterocycles. The van der Waals surface area contributed by atoms with E-state index in [1.807, 2.05) is 42.2 Å². The van der Waals surface area contributed by atoms with E-state index in [2.05, 4.69) is 9.69 Å². The molecular weight excluding hydrogens is 350 g/mol. The Balaban J connectivity index is 1.83. The van der Waals surface area contributed by atoms with Gasteiger partial charge in [-0.05, 0) is 36.9 Å². The van der Waals surface area contributed by atoms with Crippen LogP contribution >= 0.6 is 11.5 Å². The van der Waals surface area contributed by atoms with Crippen LogP contribution in [0.25, 0.3) is 0 Å². The molecule has 0 aliphatic carbocycles. The first-order valence-electron chi connectivity index (χ1n) is 8.60. The Kier molecular flexibility index (Phi) is 5.27. The molecule has 0 unspecified atom stereocenters. The van der Waals surface area contributed by atoms with E-state index >= 15 is 0 Å². The summed E-state index contributed by atoms with van der Waals surface area (Å²) in [6.07, 6.45) is 1.09. The van der Waals surface area contributed by atoms with Crippen molar-refractivity contribution < 1.29 is 14.3 Å². The summed E-state index contributed by atoms with van der Waals surface area (Å²) >= 11 is 1.29. The molecule has 0 bridgehead atoms. The topological polar surface area (TPSA) is 71.5 Å². The van der Waals surface area contributed by atoms with Crippen molar-refractivity contribution in [1.82, 2.24) is 9.27 Å². The van der Waals surface area contributed by atoms with E-state index in [-0.39, 0.29) is 11.9 Å². The van der Waals surface area contributed by atoms with Crippen LogP contribution in [-0.4, -0.2) is 48.4 Å². The standard InChI is InChI=1S/C19H23N3O3S/c1-13-15(16(20-2)26-21-13)17(23)22-11-9-19(10-12-22,18(24)25-3)14-7-5-4-6-8-14/h4-8,20H,9-12H2,1-3H3. The summed E-state index contributed by atoms with van der Waals surface area (Å²) in [5.41, 5.74) is 1.61. The Bertz CT molecular complexity index is 796. The number of hydrogen-bond donors (Lipinski definition) is 1. The number of nitrogens with zero attached hydrogens (tertiary/aromatic N) is 2. The van der Waals surface area contributed by atoms with Crippen molar-refractivity contribution in [3.8, 4) is 0 Å². The smallest absolute Gasteiger partial charge is 0.316 e. The van der Waals surface area contributed by atoms with Crippen molar-refractivity contribution in [3.05, 3.63) is 47.2 Å². The summed E-state index contributed by atoms with van der Waals surface area (Å²) in [5, 5.41) is 3.82. The van der Waals surface area contributed by atoms with Crippen molar-refractivity contribution in [3.63, 3.8) is 0 Å². The second-order valence-corrected chi connectivity index (χ2v) is 7.23. The van der Waals surface area contributed by atoms with Gasteiger partial charge in [0.2, 0.25) is 0 Å². The predicted octanol–water partition coefficient (Wildman–Crippen LogP) is 2.84. The number of ether oxygens (including phenoxy) is 1. The maximum absolute atomic E-state index is 13.0. The molecule has 7 heteroatoms. The molecular formula is C19H23N3O3S. The van der Waals surface area contributed by atoms with Gasteiger partial charge in [0.15, 0.2) is 0 Å². The fraction of sp³-hybridized carbons (Fsp3) is 0.421. The Morgan fingerprint density at radius 3 is 2.46 bits per heavy atom. The van der Waals surface area contributed by atoms with Crippen molar-refractivity contribution in [2.45, 2.75) is 25.2 Å². The maximum Gasteiger partial charge on any atom is 0.316 e. The number of benzene rings is 1. The van der Waals surface area contributed by atoms with Crippen LogP contribution in [0.4, 0.5) is 5.00 Å². The minimum Gasteiger partial charge on any atom is -0.468 e. The molecule has 0 spiro atoms. The summed E-state index contributed by atoms with van der Waals surface area (Å²) < 4.78 is 9.39. The van der Waals surface area contributed by atoms with Crippen LogP contribution < -0.4 is 5.32 Å². The molecule has 2 aromatic rings. The van der Waals surface area contributed by atoms with Crippen LogP contribution in [0.2, 0.25) is 0 Å². The van der Waals surface area contributed by atoms with Gasteiger partial charge in [0.1, 0.15) is 5.00 Å². The number of piperidine rings is 1. The lowest BCUT2D eigenvalue weighted by Gasteiger charge is -2.40. The third-order valence-electron chi connectivity index (χ3n) is 5.11. The summed E-state index contributed by atoms with van der Waals surface area (Å²) in [5.74, 6) is -0.271. The molecule has 1 fully saturated rings. The van der Waals surface area contributed by atoms with E-state index in [0.717, 1.165) is 16.3 Å². The zero-order chi connectivity index (χ0) is 18.7. The summed E-state index contributed by atoms with van der Waals surface area (Å²) in [6, 6.07) is 9.70. The zero-order valence-electron chi connectivity index (χ0n) is 15.2. The molecule has 1 aromatic heterocycles.